The molecule has 40 heavy (non-hydrogen) atoms. The molecule has 0 aliphatic rings. The third-order valence-corrected chi connectivity index (χ3v) is 5.52. The van der Waals surface area contributed by atoms with Crippen LogP contribution in [-0.2, 0) is 10.2 Å². The van der Waals surface area contributed by atoms with Gasteiger partial charge in [0.05, 0.1) is 18.5 Å². The number of rotatable bonds is 7. The number of hydrogen-bond donors (Lipinski definition) is 3. The zero-order chi connectivity index (χ0) is 28.9. The number of methoxy groups -OCH3 is 1. The smallest absolute Gasteiger partial charge is 0.412 e. The zero-order valence-corrected chi connectivity index (χ0v) is 22.3. The molecule has 0 atom stereocenters. The normalized spacial score (nSPS) is 10.9. The first kappa shape index (κ1) is 27.6. The molecule has 3 amide bonds. The van der Waals surface area contributed by atoms with Crippen LogP contribution in [0.4, 0.5) is 21.1 Å². The number of aromatic nitrogens is 3. The van der Waals surface area contributed by atoms with E-state index in [2.05, 4.69) is 20.4 Å². The number of nitrogens with one attached hydrogen (secondary N) is 2. The Balaban J connectivity index is 1.44. The average molecular weight is 545 g/mol. The average Bonchev–Trinajstić information content (AvgIpc) is 3.34. The zero-order valence-electron chi connectivity index (χ0n) is 22.3. The molecule has 2 aromatic heterocycles. The number of anilines is 2. The Hall–Kier alpha value is -5.39. The van der Waals surface area contributed by atoms with E-state index in [-0.39, 0.29) is 16.9 Å². The lowest BCUT2D eigenvalue weighted by molar-refractivity contribution is 0.0631. The number of esters is 1. The highest BCUT2D eigenvalue weighted by Gasteiger charge is 2.22. The van der Waals surface area contributed by atoms with Crippen LogP contribution in [-0.4, -0.2) is 40.0 Å². The van der Waals surface area contributed by atoms with Crippen LogP contribution in [0.15, 0.2) is 72.9 Å². The Bertz CT molecular complexity index is 1520. The minimum absolute atomic E-state index is 0.144. The molecular weight excluding hydrogens is 516 g/mol. The Kier molecular flexibility index (Phi) is 7.99. The van der Waals surface area contributed by atoms with E-state index in [9.17, 15) is 14.4 Å². The minimum Gasteiger partial charge on any atom is -0.497 e. The summed E-state index contributed by atoms with van der Waals surface area (Å²) < 4.78 is 17.0. The number of nitrogens with zero attached hydrogens (tertiary/aromatic N) is 3. The summed E-state index contributed by atoms with van der Waals surface area (Å²) in [6, 6.07) is 18.1. The van der Waals surface area contributed by atoms with Gasteiger partial charge in [0.15, 0.2) is 5.69 Å². The Labute approximate surface area is 230 Å². The van der Waals surface area contributed by atoms with Gasteiger partial charge in [0.1, 0.15) is 23.1 Å². The molecule has 4 N–H and O–H groups in total. The van der Waals surface area contributed by atoms with Crippen LogP contribution in [0.2, 0.25) is 0 Å². The summed E-state index contributed by atoms with van der Waals surface area (Å²) in [7, 11) is 1.60. The SMILES string of the molecule is COc1ccc(-n2nc(C(C)(C)C)cc2NC(=O)Nc2ccc(Oc3ccnc(C(=O)OC(N)=O)c3)cc2)cc1. The van der Waals surface area contributed by atoms with E-state index in [1.807, 2.05) is 51.1 Å². The van der Waals surface area contributed by atoms with E-state index < -0.39 is 18.1 Å². The van der Waals surface area contributed by atoms with E-state index in [0.717, 1.165) is 11.4 Å². The number of carbonyl (C=O) groups excluding carboxylic acids is 3. The first-order valence-electron chi connectivity index (χ1n) is 12.1. The van der Waals surface area contributed by atoms with Gasteiger partial charge in [-0.15, -0.1) is 0 Å². The number of benzene rings is 2. The number of nitrogens with two attached hydrogens (primary N) is 1. The van der Waals surface area contributed by atoms with Gasteiger partial charge < -0.3 is 25.3 Å². The summed E-state index contributed by atoms with van der Waals surface area (Å²) in [5, 5.41) is 10.4. The van der Waals surface area contributed by atoms with Crippen LogP contribution < -0.4 is 25.8 Å². The first-order valence-corrected chi connectivity index (χ1v) is 12.1. The topological polar surface area (TPSA) is 160 Å². The largest absolute Gasteiger partial charge is 0.497 e. The van der Waals surface area contributed by atoms with Crippen molar-refractivity contribution < 1.29 is 28.6 Å². The van der Waals surface area contributed by atoms with Crippen molar-refractivity contribution in [3.8, 4) is 22.9 Å². The van der Waals surface area contributed by atoms with Crippen molar-refractivity contribution in [2.24, 2.45) is 5.73 Å². The van der Waals surface area contributed by atoms with E-state index in [4.69, 9.17) is 20.3 Å². The number of pyridine rings is 1. The van der Waals surface area contributed by atoms with E-state index in [1.54, 1.807) is 36.1 Å². The molecule has 0 unspecified atom stereocenters. The highest BCUT2D eigenvalue weighted by Crippen LogP contribution is 2.28. The highest BCUT2D eigenvalue weighted by atomic mass is 16.6. The van der Waals surface area contributed by atoms with Crippen LogP contribution in [0.5, 0.6) is 17.2 Å². The molecule has 0 saturated heterocycles. The van der Waals surface area contributed by atoms with Crippen LogP contribution in [0.25, 0.3) is 5.69 Å². The van der Waals surface area contributed by atoms with Crippen molar-refractivity contribution in [1.82, 2.24) is 14.8 Å². The third kappa shape index (κ3) is 6.92. The number of ether oxygens (including phenoxy) is 3. The molecule has 2 heterocycles. The quantitative estimate of drug-likeness (QED) is 0.210. The molecular formula is C28H28N6O6. The number of amides is 3. The van der Waals surface area contributed by atoms with Crippen molar-refractivity contribution in [2.45, 2.75) is 26.2 Å². The number of primary amides is 1. The van der Waals surface area contributed by atoms with Gasteiger partial charge in [-0.25, -0.2) is 24.0 Å². The summed E-state index contributed by atoms with van der Waals surface area (Å²) >= 11 is 0. The van der Waals surface area contributed by atoms with Crippen molar-refractivity contribution in [3.63, 3.8) is 0 Å². The lowest BCUT2D eigenvalue weighted by atomic mass is 9.92. The standard InChI is InChI=1S/C28H28N6O6/c1-28(2,3)23-16-24(34(33-23)18-7-11-19(38-4)12-8-18)32-27(37)31-17-5-9-20(10-6-17)39-21-13-14-30-22(15-21)25(35)40-26(29)36/h5-16H,1-4H3,(H2,29,36)(H2,31,32,37). The second kappa shape index (κ2) is 11.6. The predicted molar refractivity (Wildman–Crippen MR) is 147 cm³/mol. The molecule has 12 heteroatoms. The van der Waals surface area contributed by atoms with Gasteiger partial charge in [0.25, 0.3) is 0 Å². The fourth-order valence-corrected chi connectivity index (χ4v) is 3.51. The second-order valence-corrected chi connectivity index (χ2v) is 9.57. The van der Waals surface area contributed by atoms with Crippen molar-refractivity contribution >= 4 is 29.6 Å². The van der Waals surface area contributed by atoms with Crippen molar-refractivity contribution in [3.05, 3.63) is 84.3 Å². The second-order valence-electron chi connectivity index (χ2n) is 9.57. The maximum atomic E-state index is 12.9. The van der Waals surface area contributed by atoms with E-state index >= 15 is 0 Å². The van der Waals surface area contributed by atoms with Gasteiger partial charge >= 0.3 is 18.1 Å². The molecule has 0 aliphatic carbocycles. The first-order chi connectivity index (χ1) is 19.0. The number of carbonyl (C=O) groups is 3. The molecule has 206 valence electrons. The lowest BCUT2D eigenvalue weighted by Crippen LogP contribution is -2.21. The summed E-state index contributed by atoms with van der Waals surface area (Å²) in [6.45, 7) is 6.13. The van der Waals surface area contributed by atoms with Crippen LogP contribution in [0, 0.1) is 0 Å². The molecule has 0 spiro atoms. The molecule has 12 nitrogen and oxygen atoms in total. The number of hydrogen-bond acceptors (Lipinski definition) is 8. The van der Waals surface area contributed by atoms with Crippen molar-refractivity contribution in [2.75, 3.05) is 17.7 Å². The maximum Gasteiger partial charge on any atom is 0.412 e. The maximum absolute atomic E-state index is 12.9. The fraction of sp³-hybridized carbons (Fsp3) is 0.179. The van der Waals surface area contributed by atoms with Gasteiger partial charge in [-0.2, -0.15) is 5.10 Å². The van der Waals surface area contributed by atoms with Gasteiger partial charge in [0.2, 0.25) is 0 Å². The molecule has 2 aromatic carbocycles. The summed E-state index contributed by atoms with van der Waals surface area (Å²) in [5.74, 6) is 0.925. The molecule has 0 fully saturated rings. The number of urea groups is 1. The molecule has 4 rings (SSSR count). The minimum atomic E-state index is -1.23. The summed E-state index contributed by atoms with van der Waals surface area (Å²) in [4.78, 5) is 39.3. The Morgan fingerprint density at radius 1 is 0.875 bits per heavy atom. The predicted octanol–water partition coefficient (Wildman–Crippen LogP) is 5.25. The fourth-order valence-electron chi connectivity index (χ4n) is 3.51. The molecule has 4 aromatic rings. The highest BCUT2D eigenvalue weighted by molar-refractivity contribution is 5.99. The van der Waals surface area contributed by atoms with Crippen LogP contribution in [0.3, 0.4) is 0 Å². The Morgan fingerprint density at radius 2 is 1.55 bits per heavy atom. The summed E-state index contributed by atoms with van der Waals surface area (Å²) in [6.07, 6.45) is 0.0969. The lowest BCUT2D eigenvalue weighted by Gasteiger charge is -2.14. The van der Waals surface area contributed by atoms with Gasteiger partial charge in [-0.3, -0.25) is 5.32 Å². The van der Waals surface area contributed by atoms with Gasteiger partial charge in [-0.1, -0.05) is 20.8 Å². The molecule has 0 saturated carbocycles. The monoisotopic (exact) mass is 544 g/mol. The summed E-state index contributed by atoms with van der Waals surface area (Å²) in [5.41, 5.74) is 6.56. The van der Waals surface area contributed by atoms with Gasteiger partial charge in [0, 0.05) is 29.4 Å². The molecule has 0 bridgehead atoms. The van der Waals surface area contributed by atoms with Crippen LogP contribution >= 0.6 is 0 Å². The van der Waals surface area contributed by atoms with Gasteiger partial charge in [-0.05, 0) is 54.6 Å². The van der Waals surface area contributed by atoms with Crippen molar-refractivity contribution in [1.29, 1.82) is 0 Å². The Morgan fingerprint density at radius 3 is 2.17 bits per heavy atom. The van der Waals surface area contributed by atoms with Crippen LogP contribution in [0.1, 0.15) is 37.0 Å². The van der Waals surface area contributed by atoms with E-state index in [0.29, 0.717) is 23.0 Å². The molecule has 0 radical (unpaired) electrons. The van der Waals surface area contributed by atoms with E-state index in [1.165, 1.54) is 18.3 Å². The third-order valence-electron chi connectivity index (χ3n) is 5.52. The molecule has 0 aliphatic heterocycles.